The summed E-state index contributed by atoms with van der Waals surface area (Å²) in [6.45, 7) is 0. The van der Waals surface area contributed by atoms with E-state index in [0.29, 0.717) is 0 Å². The fourth-order valence-electron chi connectivity index (χ4n) is 2.86. The first kappa shape index (κ1) is 13.0. The predicted octanol–water partition coefficient (Wildman–Crippen LogP) is 2.96. The molecule has 2 unspecified atom stereocenters. The van der Waals surface area contributed by atoms with Gasteiger partial charge in [0.15, 0.2) is 0 Å². The molecule has 2 atom stereocenters. The number of benzene rings is 2. The van der Waals surface area contributed by atoms with Crippen LogP contribution in [0.3, 0.4) is 0 Å². The van der Waals surface area contributed by atoms with E-state index in [4.69, 9.17) is 9.47 Å². The third-order valence-electron chi connectivity index (χ3n) is 3.83. The summed E-state index contributed by atoms with van der Waals surface area (Å²) in [5.41, 5.74) is 2.41. The quantitative estimate of drug-likeness (QED) is 0.925. The van der Waals surface area contributed by atoms with Crippen molar-refractivity contribution < 1.29 is 9.47 Å². The lowest BCUT2D eigenvalue weighted by Crippen LogP contribution is -2.33. The SMILES string of the molecule is CNC(c1ccccc1OC)C1Cc2ccccc2O1. The van der Waals surface area contributed by atoms with E-state index in [9.17, 15) is 0 Å². The summed E-state index contributed by atoms with van der Waals surface area (Å²) < 4.78 is 11.6. The molecule has 0 aromatic heterocycles. The number of rotatable bonds is 4. The largest absolute Gasteiger partial charge is 0.496 e. The van der Waals surface area contributed by atoms with Gasteiger partial charge in [0.25, 0.3) is 0 Å². The lowest BCUT2D eigenvalue weighted by molar-refractivity contribution is 0.181. The van der Waals surface area contributed by atoms with E-state index in [1.54, 1.807) is 7.11 Å². The Kier molecular flexibility index (Phi) is 3.61. The van der Waals surface area contributed by atoms with Gasteiger partial charge in [-0.15, -0.1) is 0 Å². The standard InChI is InChI=1S/C17H19NO2/c1-18-17(13-8-4-6-10-15(13)19-2)16-11-12-7-3-5-9-14(12)20-16/h3-10,16-18H,11H2,1-2H3. The fraction of sp³-hybridized carbons (Fsp3) is 0.294. The molecule has 104 valence electrons. The van der Waals surface area contributed by atoms with Crippen LogP contribution in [0.5, 0.6) is 11.5 Å². The molecule has 0 aliphatic carbocycles. The third-order valence-corrected chi connectivity index (χ3v) is 3.83. The van der Waals surface area contributed by atoms with E-state index in [1.165, 1.54) is 5.56 Å². The van der Waals surface area contributed by atoms with Gasteiger partial charge in [-0.25, -0.2) is 0 Å². The molecule has 1 N–H and O–H groups in total. The number of para-hydroxylation sites is 2. The highest BCUT2D eigenvalue weighted by atomic mass is 16.5. The maximum atomic E-state index is 6.10. The van der Waals surface area contributed by atoms with Crippen LogP contribution in [0, 0.1) is 0 Å². The zero-order valence-corrected chi connectivity index (χ0v) is 11.8. The maximum absolute atomic E-state index is 6.10. The van der Waals surface area contributed by atoms with Gasteiger partial charge in [-0.3, -0.25) is 0 Å². The molecule has 2 aromatic rings. The highest BCUT2D eigenvalue weighted by Crippen LogP contribution is 2.36. The second kappa shape index (κ2) is 5.55. The smallest absolute Gasteiger partial charge is 0.123 e. The van der Waals surface area contributed by atoms with Crippen molar-refractivity contribution in [2.75, 3.05) is 14.2 Å². The molecule has 1 heterocycles. The fourth-order valence-corrected chi connectivity index (χ4v) is 2.86. The van der Waals surface area contributed by atoms with Gasteiger partial charge in [-0.2, -0.15) is 0 Å². The van der Waals surface area contributed by atoms with Crippen LogP contribution in [-0.4, -0.2) is 20.3 Å². The third kappa shape index (κ3) is 2.25. The summed E-state index contributed by atoms with van der Waals surface area (Å²) >= 11 is 0. The number of likely N-dealkylation sites (N-methyl/N-ethyl adjacent to an activating group) is 1. The molecule has 1 aliphatic rings. The molecule has 1 aliphatic heterocycles. The Balaban J connectivity index is 1.89. The molecule has 0 amide bonds. The van der Waals surface area contributed by atoms with E-state index in [2.05, 4.69) is 23.5 Å². The van der Waals surface area contributed by atoms with E-state index >= 15 is 0 Å². The number of nitrogens with one attached hydrogen (secondary N) is 1. The second-order valence-corrected chi connectivity index (χ2v) is 4.98. The van der Waals surface area contributed by atoms with E-state index in [1.807, 2.05) is 37.4 Å². The zero-order chi connectivity index (χ0) is 13.9. The minimum Gasteiger partial charge on any atom is -0.496 e. The average molecular weight is 269 g/mol. The normalized spacial score (nSPS) is 18.2. The molecule has 3 rings (SSSR count). The van der Waals surface area contributed by atoms with Crippen molar-refractivity contribution in [2.24, 2.45) is 0 Å². The summed E-state index contributed by atoms with van der Waals surface area (Å²) in [5, 5.41) is 3.36. The molecule has 0 spiro atoms. The van der Waals surface area contributed by atoms with Crippen molar-refractivity contribution in [3.63, 3.8) is 0 Å². The molecule has 0 radical (unpaired) electrons. The van der Waals surface area contributed by atoms with Crippen LogP contribution in [0.2, 0.25) is 0 Å². The lowest BCUT2D eigenvalue weighted by Gasteiger charge is -2.24. The average Bonchev–Trinajstić information content (AvgIpc) is 2.92. The number of hydrogen-bond donors (Lipinski definition) is 1. The Morgan fingerprint density at radius 2 is 1.90 bits per heavy atom. The van der Waals surface area contributed by atoms with Crippen LogP contribution in [0.1, 0.15) is 17.2 Å². The van der Waals surface area contributed by atoms with Crippen molar-refractivity contribution in [1.29, 1.82) is 0 Å². The minimum absolute atomic E-state index is 0.0914. The van der Waals surface area contributed by atoms with Gasteiger partial charge in [0.05, 0.1) is 13.2 Å². The summed E-state index contributed by atoms with van der Waals surface area (Å²) in [4.78, 5) is 0. The maximum Gasteiger partial charge on any atom is 0.123 e. The van der Waals surface area contributed by atoms with Gasteiger partial charge < -0.3 is 14.8 Å². The molecule has 3 heteroatoms. The van der Waals surface area contributed by atoms with E-state index in [0.717, 1.165) is 23.5 Å². The van der Waals surface area contributed by atoms with Crippen LogP contribution in [0.15, 0.2) is 48.5 Å². The van der Waals surface area contributed by atoms with Crippen molar-refractivity contribution in [3.8, 4) is 11.5 Å². The summed E-state index contributed by atoms with van der Waals surface area (Å²) in [7, 11) is 3.67. The molecule has 0 saturated heterocycles. The molecule has 0 bridgehead atoms. The topological polar surface area (TPSA) is 30.5 Å². The Bertz CT molecular complexity index is 572. The van der Waals surface area contributed by atoms with Gasteiger partial charge in [-0.1, -0.05) is 36.4 Å². The number of hydrogen-bond acceptors (Lipinski definition) is 3. The predicted molar refractivity (Wildman–Crippen MR) is 79.4 cm³/mol. The highest BCUT2D eigenvalue weighted by Gasteiger charge is 2.31. The van der Waals surface area contributed by atoms with Crippen LogP contribution in [0.4, 0.5) is 0 Å². The van der Waals surface area contributed by atoms with Gasteiger partial charge in [0, 0.05) is 12.0 Å². The summed E-state index contributed by atoms with van der Waals surface area (Å²) in [6, 6.07) is 16.4. The van der Waals surface area contributed by atoms with Gasteiger partial charge in [0.1, 0.15) is 17.6 Å². The molecular weight excluding hydrogens is 250 g/mol. The molecular formula is C17H19NO2. The van der Waals surface area contributed by atoms with Crippen molar-refractivity contribution in [1.82, 2.24) is 5.32 Å². The Morgan fingerprint density at radius 3 is 2.65 bits per heavy atom. The first-order valence-electron chi connectivity index (χ1n) is 6.88. The first-order chi connectivity index (χ1) is 9.83. The van der Waals surface area contributed by atoms with Crippen molar-refractivity contribution in [2.45, 2.75) is 18.6 Å². The monoisotopic (exact) mass is 269 g/mol. The first-order valence-corrected chi connectivity index (χ1v) is 6.88. The Morgan fingerprint density at radius 1 is 1.15 bits per heavy atom. The van der Waals surface area contributed by atoms with Crippen LogP contribution in [-0.2, 0) is 6.42 Å². The van der Waals surface area contributed by atoms with E-state index < -0.39 is 0 Å². The van der Waals surface area contributed by atoms with Crippen molar-refractivity contribution in [3.05, 3.63) is 59.7 Å². The van der Waals surface area contributed by atoms with Gasteiger partial charge >= 0.3 is 0 Å². The minimum atomic E-state index is 0.0914. The lowest BCUT2D eigenvalue weighted by atomic mass is 9.97. The molecule has 0 saturated carbocycles. The van der Waals surface area contributed by atoms with Crippen LogP contribution in [0.25, 0.3) is 0 Å². The molecule has 20 heavy (non-hydrogen) atoms. The summed E-state index contributed by atoms with van der Waals surface area (Å²) in [5.74, 6) is 1.89. The second-order valence-electron chi connectivity index (χ2n) is 4.98. The van der Waals surface area contributed by atoms with Gasteiger partial charge in [0.2, 0.25) is 0 Å². The van der Waals surface area contributed by atoms with Crippen LogP contribution >= 0.6 is 0 Å². The van der Waals surface area contributed by atoms with E-state index in [-0.39, 0.29) is 12.1 Å². The Hall–Kier alpha value is -2.00. The molecule has 0 fully saturated rings. The summed E-state index contributed by atoms with van der Waals surface area (Å²) in [6.07, 6.45) is 1.01. The van der Waals surface area contributed by atoms with Crippen molar-refractivity contribution >= 4 is 0 Å². The van der Waals surface area contributed by atoms with Gasteiger partial charge in [-0.05, 0) is 24.7 Å². The molecule has 3 nitrogen and oxygen atoms in total. The number of fused-ring (bicyclic) bond motifs is 1. The molecule has 2 aromatic carbocycles. The van der Waals surface area contributed by atoms with Crippen LogP contribution < -0.4 is 14.8 Å². The Labute approximate surface area is 119 Å². The zero-order valence-electron chi connectivity index (χ0n) is 11.8. The highest BCUT2D eigenvalue weighted by molar-refractivity contribution is 5.41. The number of methoxy groups -OCH3 is 1. The number of ether oxygens (including phenoxy) is 2.